The lowest BCUT2D eigenvalue weighted by atomic mass is 9.85. The Morgan fingerprint density at radius 1 is 1.18 bits per heavy atom. The molecule has 2 unspecified atom stereocenters. The Kier molecular flexibility index (Phi) is 9.61. The first kappa shape index (κ1) is 32.3. The number of pyridine rings is 2. The molecule has 0 saturated carbocycles. The second-order valence-electron chi connectivity index (χ2n) is 11.4. The zero-order chi connectivity index (χ0) is 31.6. The van der Waals surface area contributed by atoms with Gasteiger partial charge in [0.25, 0.3) is 5.92 Å². The molecule has 2 aliphatic rings. The summed E-state index contributed by atoms with van der Waals surface area (Å²) in [4.78, 5) is 21.4. The number of hydrogen-bond donors (Lipinski definition) is 3. The first-order valence-corrected chi connectivity index (χ1v) is 16.3. The Bertz CT molecular complexity index is 1590. The van der Waals surface area contributed by atoms with Gasteiger partial charge in [0.1, 0.15) is 11.5 Å². The van der Waals surface area contributed by atoms with E-state index in [0.717, 1.165) is 19.5 Å². The third kappa shape index (κ3) is 7.23. The normalized spacial score (nSPS) is 22.9. The number of amides is 1. The van der Waals surface area contributed by atoms with Gasteiger partial charge in [0.15, 0.2) is 0 Å². The number of anilines is 1. The number of sulfonamides is 1. The second-order valence-corrected chi connectivity index (χ2v) is 13.9. The number of nitrogens with zero attached hydrogens (tertiary/aromatic N) is 3. The predicted molar refractivity (Wildman–Crippen MR) is 162 cm³/mol. The molecule has 236 valence electrons. The lowest BCUT2D eigenvalue weighted by molar-refractivity contribution is -0.117. The van der Waals surface area contributed by atoms with E-state index in [4.69, 9.17) is 17.3 Å². The fraction of sp³-hybridized carbons (Fsp3) is 0.433. The fourth-order valence-electron chi connectivity index (χ4n) is 5.87. The Morgan fingerprint density at radius 3 is 2.59 bits per heavy atom. The maximum atomic E-state index is 15.1. The summed E-state index contributed by atoms with van der Waals surface area (Å²) < 4.78 is 70.0. The van der Waals surface area contributed by atoms with Crippen LogP contribution in [0.5, 0.6) is 0 Å². The molecule has 4 N–H and O–H groups in total. The summed E-state index contributed by atoms with van der Waals surface area (Å²) in [5.74, 6) is -5.19. The molecule has 2 saturated heterocycles. The van der Waals surface area contributed by atoms with Crippen molar-refractivity contribution >= 4 is 33.2 Å². The first-order chi connectivity index (χ1) is 20.8. The van der Waals surface area contributed by atoms with Gasteiger partial charge in [-0.15, -0.1) is 0 Å². The second kappa shape index (κ2) is 13.1. The van der Waals surface area contributed by atoms with Crippen LogP contribution in [0.3, 0.4) is 0 Å². The molecule has 2 bridgehead atoms. The minimum absolute atomic E-state index is 0.0817. The van der Waals surface area contributed by atoms with Crippen LogP contribution >= 0.6 is 11.6 Å². The molecule has 3 aromatic rings. The van der Waals surface area contributed by atoms with Gasteiger partial charge in [0.2, 0.25) is 15.9 Å². The quantitative estimate of drug-likeness (QED) is 0.317. The summed E-state index contributed by atoms with van der Waals surface area (Å²) >= 11 is 6.06. The van der Waals surface area contributed by atoms with Crippen molar-refractivity contribution in [1.29, 1.82) is 0 Å². The smallest absolute Gasteiger partial charge is 0.286 e. The van der Waals surface area contributed by atoms with Gasteiger partial charge >= 0.3 is 0 Å². The molecule has 2 aromatic heterocycles. The number of carbonyl (C=O) groups excluding carboxylic acids is 1. The Hall–Kier alpha value is -3.10. The molecule has 2 aliphatic heterocycles. The molecule has 0 spiro atoms. The highest BCUT2D eigenvalue weighted by Gasteiger charge is 2.38. The number of rotatable bonds is 9. The van der Waals surface area contributed by atoms with Crippen molar-refractivity contribution in [2.75, 3.05) is 24.2 Å². The van der Waals surface area contributed by atoms with Gasteiger partial charge in [-0.05, 0) is 55.0 Å². The topological polar surface area (TPSA) is 130 Å². The fourth-order valence-corrected chi connectivity index (χ4v) is 7.81. The van der Waals surface area contributed by atoms with Gasteiger partial charge in [-0.3, -0.25) is 14.8 Å². The summed E-state index contributed by atoms with van der Waals surface area (Å²) in [6.07, 6.45) is 5.44. The molecular formula is C30H34ClF3N6O3S. The van der Waals surface area contributed by atoms with Crippen LogP contribution in [0.2, 0.25) is 5.02 Å². The van der Waals surface area contributed by atoms with E-state index in [1.54, 1.807) is 24.3 Å². The maximum Gasteiger partial charge on any atom is 0.286 e. The monoisotopic (exact) mass is 650 g/mol. The number of aromatic nitrogens is 2. The van der Waals surface area contributed by atoms with Crippen LogP contribution in [-0.2, 0) is 27.2 Å². The molecule has 0 aliphatic carbocycles. The molecular weight excluding hydrogens is 617 g/mol. The van der Waals surface area contributed by atoms with Gasteiger partial charge in [0, 0.05) is 54.8 Å². The van der Waals surface area contributed by atoms with Gasteiger partial charge in [-0.25, -0.2) is 12.8 Å². The molecule has 1 aromatic carbocycles. The molecule has 5 atom stereocenters. The highest BCUT2D eigenvalue weighted by molar-refractivity contribution is 7.89. The van der Waals surface area contributed by atoms with E-state index in [2.05, 4.69) is 20.6 Å². The van der Waals surface area contributed by atoms with Crippen molar-refractivity contribution in [3.05, 3.63) is 88.2 Å². The Morgan fingerprint density at radius 2 is 1.91 bits per heavy atom. The van der Waals surface area contributed by atoms with E-state index in [-0.39, 0.29) is 35.5 Å². The van der Waals surface area contributed by atoms with Crippen LogP contribution in [-0.4, -0.2) is 65.6 Å². The third-order valence-electron chi connectivity index (χ3n) is 8.24. The lowest BCUT2D eigenvalue weighted by Crippen LogP contribution is -2.57. The molecule has 14 heteroatoms. The first-order valence-electron chi connectivity index (χ1n) is 14.3. The zero-order valence-corrected chi connectivity index (χ0v) is 25.6. The number of alkyl halides is 2. The number of fused-ring (bicyclic) bond motifs is 2. The largest absolute Gasteiger partial charge is 0.323 e. The van der Waals surface area contributed by atoms with Crippen molar-refractivity contribution in [2.45, 2.75) is 62.6 Å². The molecule has 5 rings (SSSR count). The van der Waals surface area contributed by atoms with Gasteiger partial charge in [-0.1, -0.05) is 29.8 Å². The molecule has 9 nitrogen and oxygen atoms in total. The van der Waals surface area contributed by atoms with Crippen LogP contribution in [0.15, 0.2) is 55.0 Å². The highest BCUT2D eigenvalue weighted by atomic mass is 35.5. The van der Waals surface area contributed by atoms with E-state index in [9.17, 15) is 22.0 Å². The van der Waals surface area contributed by atoms with E-state index in [1.165, 1.54) is 28.8 Å². The summed E-state index contributed by atoms with van der Waals surface area (Å²) in [7, 11) is -3.43. The van der Waals surface area contributed by atoms with Crippen LogP contribution in [0, 0.1) is 5.82 Å². The molecule has 1 amide bonds. The zero-order valence-electron chi connectivity index (χ0n) is 24.0. The van der Waals surface area contributed by atoms with Crippen LogP contribution < -0.4 is 16.4 Å². The van der Waals surface area contributed by atoms with E-state index >= 15 is 4.39 Å². The van der Waals surface area contributed by atoms with Crippen molar-refractivity contribution in [3.63, 3.8) is 0 Å². The standard InChI is InChI=1S/C30H34ClF3N6O3S/c1-30(33,34)26-11-6-19(13-38-26)27(18-4-7-20(31)8-5-18)28(35)29(41)39-25-16-36-15-24(32)23(25)10-9-22-14-37-21-3-2-12-44(42,43)40(22)17-21/h4-8,11,13,15-16,21-22,27-28,37H,2-3,9-10,12,14,17,35H2,1H3,(H,39,41)/t21-,22?,27+,28+/m1/s1. The highest BCUT2D eigenvalue weighted by Crippen LogP contribution is 2.32. The van der Waals surface area contributed by atoms with Crippen molar-refractivity contribution in [1.82, 2.24) is 19.6 Å². The van der Waals surface area contributed by atoms with E-state index in [0.29, 0.717) is 42.1 Å². The molecule has 4 heterocycles. The minimum Gasteiger partial charge on any atom is -0.323 e. The van der Waals surface area contributed by atoms with Crippen molar-refractivity contribution in [3.8, 4) is 0 Å². The average molecular weight is 651 g/mol. The van der Waals surface area contributed by atoms with Gasteiger partial charge in [-0.2, -0.15) is 13.1 Å². The lowest BCUT2D eigenvalue weighted by Gasteiger charge is -2.37. The van der Waals surface area contributed by atoms with Crippen molar-refractivity contribution < 1.29 is 26.4 Å². The molecule has 44 heavy (non-hydrogen) atoms. The van der Waals surface area contributed by atoms with Crippen LogP contribution in [0.4, 0.5) is 18.9 Å². The number of hydrogen-bond acceptors (Lipinski definition) is 7. The van der Waals surface area contributed by atoms with Crippen LogP contribution in [0.1, 0.15) is 54.5 Å². The summed E-state index contributed by atoms with van der Waals surface area (Å²) in [6, 6.07) is 7.71. The van der Waals surface area contributed by atoms with Crippen molar-refractivity contribution in [2.24, 2.45) is 5.73 Å². The maximum absolute atomic E-state index is 15.1. The number of halogens is 4. The van der Waals surface area contributed by atoms with E-state index in [1.807, 2.05) is 0 Å². The van der Waals surface area contributed by atoms with E-state index < -0.39 is 45.3 Å². The average Bonchev–Trinajstić information content (AvgIpc) is 3.09. The summed E-state index contributed by atoms with van der Waals surface area (Å²) in [6.45, 7) is 1.56. The number of benzene rings is 1. The Labute approximate surface area is 259 Å². The number of nitrogens with two attached hydrogens (primary N) is 1. The third-order valence-corrected chi connectivity index (χ3v) is 10.5. The summed E-state index contributed by atoms with van der Waals surface area (Å²) in [5.41, 5.74) is 7.37. The van der Waals surface area contributed by atoms with Gasteiger partial charge < -0.3 is 16.4 Å². The van der Waals surface area contributed by atoms with Crippen LogP contribution in [0.25, 0.3) is 0 Å². The number of carbonyl (C=O) groups is 1. The molecule has 2 fully saturated rings. The predicted octanol–water partition coefficient (Wildman–Crippen LogP) is 4.18. The van der Waals surface area contributed by atoms with Gasteiger partial charge in [0.05, 0.1) is 29.9 Å². The minimum atomic E-state index is -3.43. The number of piperazine rings is 1. The Balaban J connectivity index is 1.37. The summed E-state index contributed by atoms with van der Waals surface area (Å²) in [5, 5.41) is 6.55. The number of nitrogens with one attached hydrogen (secondary N) is 2. The SMILES string of the molecule is CC(F)(F)c1ccc([C@H](c2ccc(Cl)cc2)[C@H](N)C(=O)Nc2cncc(F)c2CCC2CN[C@@H]3CCCS(=O)(=O)N2C3)cn1. The molecule has 0 radical (unpaired) electrons.